The summed E-state index contributed by atoms with van der Waals surface area (Å²) in [6.45, 7) is 0.337. The van der Waals surface area contributed by atoms with Crippen LogP contribution in [-0.4, -0.2) is 37.2 Å². The van der Waals surface area contributed by atoms with Crippen LogP contribution in [0.4, 0.5) is 0 Å². The summed E-state index contributed by atoms with van der Waals surface area (Å²) < 4.78 is 10.3. The van der Waals surface area contributed by atoms with E-state index in [4.69, 9.17) is 20.3 Å². The van der Waals surface area contributed by atoms with Crippen LogP contribution in [0.1, 0.15) is 21.5 Å². The maximum absolute atomic E-state index is 12.3. The first-order valence-electron chi connectivity index (χ1n) is 8.00. The molecule has 2 aromatic rings. The second-order valence-corrected chi connectivity index (χ2v) is 5.75. The standard InChI is InChI=1S/C19H22N2O5/c1-25-15-8-14(9-16(10-15)26-2)18(22)21-11-13-5-3-12(4-6-13)7-17(20)19(23)24/h3-6,8-10,17H,7,11,20H2,1-2H3,(H,21,22)(H,23,24). The molecule has 0 bridgehead atoms. The van der Waals surface area contributed by atoms with E-state index < -0.39 is 12.0 Å². The third-order valence-corrected chi connectivity index (χ3v) is 3.86. The van der Waals surface area contributed by atoms with Crippen LogP contribution < -0.4 is 20.5 Å². The summed E-state index contributed by atoms with van der Waals surface area (Å²) in [4.78, 5) is 23.1. The first-order chi connectivity index (χ1) is 12.4. The number of methoxy groups -OCH3 is 2. The molecule has 138 valence electrons. The number of nitrogens with two attached hydrogens (primary N) is 1. The summed E-state index contributed by atoms with van der Waals surface area (Å²) in [6.07, 6.45) is 0.256. The van der Waals surface area contributed by atoms with Gasteiger partial charge in [0, 0.05) is 18.2 Å². The number of carboxylic acid groups (broad SMARTS) is 1. The molecule has 1 amide bonds. The molecule has 0 aliphatic rings. The number of rotatable bonds is 8. The van der Waals surface area contributed by atoms with Gasteiger partial charge in [0.05, 0.1) is 14.2 Å². The molecule has 26 heavy (non-hydrogen) atoms. The Labute approximate surface area is 151 Å². The number of ether oxygens (including phenoxy) is 2. The summed E-state index contributed by atoms with van der Waals surface area (Å²) in [7, 11) is 3.04. The molecule has 0 spiro atoms. The monoisotopic (exact) mass is 358 g/mol. The molecule has 0 saturated heterocycles. The number of carboxylic acids is 1. The third kappa shape index (κ3) is 5.22. The molecular formula is C19H22N2O5. The van der Waals surface area contributed by atoms with Crippen molar-refractivity contribution in [1.82, 2.24) is 5.32 Å². The van der Waals surface area contributed by atoms with Gasteiger partial charge in [-0.1, -0.05) is 24.3 Å². The number of aliphatic carboxylic acids is 1. The largest absolute Gasteiger partial charge is 0.497 e. The van der Waals surface area contributed by atoms with Crippen molar-refractivity contribution in [1.29, 1.82) is 0 Å². The van der Waals surface area contributed by atoms with Crippen LogP contribution in [0, 0.1) is 0 Å². The first-order valence-corrected chi connectivity index (χ1v) is 8.00. The summed E-state index contributed by atoms with van der Waals surface area (Å²) in [5.41, 5.74) is 7.67. The van der Waals surface area contributed by atoms with Crippen LogP contribution in [0.5, 0.6) is 11.5 Å². The van der Waals surface area contributed by atoms with E-state index in [2.05, 4.69) is 5.32 Å². The third-order valence-electron chi connectivity index (χ3n) is 3.86. The molecule has 0 aliphatic heterocycles. The highest BCUT2D eigenvalue weighted by Crippen LogP contribution is 2.22. The maximum atomic E-state index is 12.3. The highest BCUT2D eigenvalue weighted by atomic mass is 16.5. The molecule has 4 N–H and O–H groups in total. The minimum absolute atomic E-state index is 0.251. The van der Waals surface area contributed by atoms with Crippen molar-refractivity contribution in [3.63, 3.8) is 0 Å². The summed E-state index contributed by atoms with van der Waals surface area (Å²) >= 11 is 0. The van der Waals surface area contributed by atoms with Gasteiger partial charge in [-0.15, -0.1) is 0 Å². The second-order valence-electron chi connectivity index (χ2n) is 5.75. The van der Waals surface area contributed by atoms with Crippen molar-refractivity contribution in [2.24, 2.45) is 5.73 Å². The van der Waals surface area contributed by atoms with Gasteiger partial charge in [-0.05, 0) is 29.7 Å². The van der Waals surface area contributed by atoms with Gasteiger partial charge < -0.3 is 25.6 Å². The lowest BCUT2D eigenvalue weighted by Crippen LogP contribution is -2.32. The smallest absolute Gasteiger partial charge is 0.320 e. The average Bonchev–Trinajstić information content (AvgIpc) is 2.66. The zero-order valence-corrected chi connectivity index (χ0v) is 14.7. The van der Waals surface area contributed by atoms with Crippen molar-refractivity contribution in [3.8, 4) is 11.5 Å². The molecule has 7 heteroatoms. The predicted molar refractivity (Wildman–Crippen MR) is 96.5 cm³/mol. The van der Waals surface area contributed by atoms with Crippen LogP contribution in [-0.2, 0) is 17.8 Å². The van der Waals surface area contributed by atoms with E-state index in [1.165, 1.54) is 14.2 Å². The van der Waals surface area contributed by atoms with Crippen molar-refractivity contribution in [2.75, 3.05) is 14.2 Å². The Morgan fingerprint density at radius 3 is 2.08 bits per heavy atom. The number of carbonyl (C=O) groups is 2. The highest BCUT2D eigenvalue weighted by molar-refractivity contribution is 5.95. The van der Waals surface area contributed by atoms with E-state index in [1.54, 1.807) is 30.3 Å². The van der Waals surface area contributed by atoms with Crippen molar-refractivity contribution >= 4 is 11.9 Å². The summed E-state index contributed by atoms with van der Waals surface area (Å²) in [6, 6.07) is 11.3. The Balaban J connectivity index is 1.98. The van der Waals surface area contributed by atoms with Crippen molar-refractivity contribution in [3.05, 3.63) is 59.2 Å². The van der Waals surface area contributed by atoms with Crippen molar-refractivity contribution in [2.45, 2.75) is 19.0 Å². The topological polar surface area (TPSA) is 111 Å². The van der Waals surface area contributed by atoms with E-state index in [0.29, 0.717) is 23.6 Å². The van der Waals surface area contributed by atoms with Gasteiger partial charge in [0.25, 0.3) is 5.91 Å². The summed E-state index contributed by atoms with van der Waals surface area (Å²) in [5, 5.41) is 11.7. The highest BCUT2D eigenvalue weighted by Gasteiger charge is 2.12. The van der Waals surface area contributed by atoms with Gasteiger partial charge in [-0.3, -0.25) is 9.59 Å². The number of hydrogen-bond donors (Lipinski definition) is 3. The molecule has 2 rings (SSSR count). The molecule has 0 radical (unpaired) electrons. The van der Waals surface area contributed by atoms with E-state index in [-0.39, 0.29) is 12.3 Å². The van der Waals surface area contributed by atoms with Gasteiger partial charge in [0.2, 0.25) is 0 Å². The van der Waals surface area contributed by atoms with Crippen LogP contribution in [0.3, 0.4) is 0 Å². The quantitative estimate of drug-likeness (QED) is 0.661. The molecule has 7 nitrogen and oxygen atoms in total. The number of benzene rings is 2. The zero-order valence-electron chi connectivity index (χ0n) is 14.7. The van der Waals surface area contributed by atoms with Crippen LogP contribution >= 0.6 is 0 Å². The van der Waals surface area contributed by atoms with E-state index in [1.807, 2.05) is 12.1 Å². The molecule has 1 atom stereocenters. The van der Waals surface area contributed by atoms with Crippen molar-refractivity contribution < 1.29 is 24.2 Å². The van der Waals surface area contributed by atoms with E-state index in [0.717, 1.165) is 11.1 Å². The van der Waals surface area contributed by atoms with Crippen LogP contribution in [0.25, 0.3) is 0 Å². The molecule has 1 unspecified atom stereocenters. The number of amides is 1. The van der Waals surface area contributed by atoms with Gasteiger partial charge in [0.15, 0.2) is 0 Å². The molecule has 0 aromatic heterocycles. The fourth-order valence-corrected chi connectivity index (χ4v) is 2.36. The lowest BCUT2D eigenvalue weighted by atomic mass is 10.0. The lowest BCUT2D eigenvalue weighted by molar-refractivity contribution is -0.138. The Bertz CT molecular complexity index is 752. The van der Waals surface area contributed by atoms with Crippen LogP contribution in [0.2, 0.25) is 0 Å². The molecular weight excluding hydrogens is 336 g/mol. The Hall–Kier alpha value is -3.06. The van der Waals surface area contributed by atoms with E-state index in [9.17, 15) is 9.59 Å². The minimum atomic E-state index is -1.03. The summed E-state index contributed by atoms with van der Waals surface area (Å²) in [5.74, 6) is -0.212. The lowest BCUT2D eigenvalue weighted by Gasteiger charge is -2.10. The normalized spacial score (nSPS) is 11.5. The fourth-order valence-electron chi connectivity index (χ4n) is 2.36. The van der Waals surface area contributed by atoms with E-state index >= 15 is 0 Å². The molecule has 0 saturated carbocycles. The Morgan fingerprint density at radius 2 is 1.58 bits per heavy atom. The molecule has 0 fully saturated rings. The fraction of sp³-hybridized carbons (Fsp3) is 0.263. The number of carbonyl (C=O) groups excluding carboxylic acids is 1. The Kier molecular flexibility index (Phi) is 6.57. The van der Waals surface area contributed by atoms with Gasteiger partial charge >= 0.3 is 5.97 Å². The first kappa shape index (κ1) is 19.3. The molecule has 0 aliphatic carbocycles. The number of nitrogens with one attached hydrogen (secondary N) is 1. The Morgan fingerprint density at radius 1 is 1.04 bits per heavy atom. The molecule has 0 heterocycles. The van der Waals surface area contributed by atoms with Gasteiger partial charge in [-0.2, -0.15) is 0 Å². The average molecular weight is 358 g/mol. The second kappa shape index (κ2) is 8.87. The van der Waals surface area contributed by atoms with Gasteiger partial charge in [0.1, 0.15) is 17.5 Å². The van der Waals surface area contributed by atoms with Crippen LogP contribution in [0.15, 0.2) is 42.5 Å². The minimum Gasteiger partial charge on any atom is -0.497 e. The number of hydrogen-bond acceptors (Lipinski definition) is 5. The SMILES string of the molecule is COc1cc(OC)cc(C(=O)NCc2ccc(CC(N)C(=O)O)cc2)c1. The maximum Gasteiger partial charge on any atom is 0.320 e. The molecule has 2 aromatic carbocycles. The predicted octanol–water partition coefficient (Wildman–Crippen LogP) is 1.59. The van der Waals surface area contributed by atoms with Gasteiger partial charge in [-0.25, -0.2) is 0 Å². The zero-order chi connectivity index (χ0) is 19.1.